The van der Waals surface area contributed by atoms with Gasteiger partial charge in [0.1, 0.15) is 0 Å². The molecule has 0 aromatic heterocycles. The van der Waals surface area contributed by atoms with Gasteiger partial charge in [0.05, 0.1) is 11.3 Å². The lowest BCUT2D eigenvalue weighted by Crippen LogP contribution is -2.33. The number of nitro groups is 1. The Kier molecular flexibility index (Phi) is 6.28. The van der Waals surface area contributed by atoms with Crippen molar-refractivity contribution >= 4 is 5.78 Å². The van der Waals surface area contributed by atoms with Gasteiger partial charge in [-0.1, -0.05) is 50.1 Å². The van der Waals surface area contributed by atoms with Gasteiger partial charge in [0.2, 0.25) is 0 Å². The van der Waals surface area contributed by atoms with Crippen molar-refractivity contribution in [3.8, 4) is 0 Å². The second-order valence-corrected chi connectivity index (χ2v) is 4.92. The number of carbonyl (C=O) groups excluding carboxylic acids is 1. The summed E-state index contributed by atoms with van der Waals surface area (Å²) in [5.74, 6) is -2.75. The summed E-state index contributed by atoms with van der Waals surface area (Å²) in [6, 6.07) is 8.46. The molecule has 0 saturated heterocycles. The summed E-state index contributed by atoms with van der Waals surface area (Å²) in [6.45, 7) is 1.95. The first-order chi connectivity index (χ1) is 9.49. The summed E-state index contributed by atoms with van der Waals surface area (Å²) in [5.41, 5.74) is 0.465. The molecule has 1 aromatic carbocycles. The Morgan fingerprint density at radius 3 is 2.45 bits per heavy atom. The minimum atomic E-state index is -2.49. The summed E-state index contributed by atoms with van der Waals surface area (Å²) in [5, 5.41) is 10.9. The van der Waals surface area contributed by atoms with Crippen molar-refractivity contribution < 1.29 is 14.1 Å². The zero-order valence-corrected chi connectivity index (χ0v) is 11.7. The van der Waals surface area contributed by atoms with E-state index < -0.39 is 10.7 Å². The van der Waals surface area contributed by atoms with Gasteiger partial charge in [0.25, 0.3) is 0 Å². The maximum Gasteiger partial charge on any atom is 0.359 e. The molecule has 1 aromatic rings. The fourth-order valence-corrected chi connectivity index (χ4v) is 2.03. The molecule has 1 unspecified atom stereocenters. The molecule has 0 bridgehead atoms. The molecule has 110 valence electrons. The Bertz CT molecular complexity index is 450. The number of hydrogen-bond donors (Lipinski definition) is 0. The number of nitrogens with zero attached hydrogens (tertiary/aromatic N) is 1. The Morgan fingerprint density at radius 1 is 1.25 bits per heavy atom. The van der Waals surface area contributed by atoms with Crippen LogP contribution in [0.2, 0.25) is 0 Å². The lowest BCUT2D eigenvalue weighted by Gasteiger charge is -2.16. The van der Waals surface area contributed by atoms with Crippen molar-refractivity contribution in [3.05, 3.63) is 46.0 Å². The summed E-state index contributed by atoms with van der Waals surface area (Å²) in [7, 11) is 0. The summed E-state index contributed by atoms with van der Waals surface area (Å²) in [4.78, 5) is 21.9. The topological polar surface area (TPSA) is 60.2 Å². The van der Waals surface area contributed by atoms with Crippen LogP contribution in [-0.2, 0) is 0 Å². The quantitative estimate of drug-likeness (QED) is 0.224. The molecule has 4 nitrogen and oxygen atoms in total. The lowest BCUT2D eigenvalue weighted by molar-refractivity contribution is -0.608. The first kappa shape index (κ1) is 16.3. The smallest absolute Gasteiger partial charge is 0.294 e. The third-order valence-electron chi connectivity index (χ3n) is 3.32. The third-order valence-corrected chi connectivity index (χ3v) is 3.32. The summed E-state index contributed by atoms with van der Waals surface area (Å²) in [6.07, 6.45) is 1.46. The molecule has 0 aliphatic carbocycles. The Morgan fingerprint density at radius 2 is 1.90 bits per heavy atom. The average molecular weight is 281 g/mol. The van der Waals surface area contributed by atoms with Gasteiger partial charge in [-0.25, -0.2) is 0 Å². The molecule has 0 amide bonds. The minimum Gasteiger partial charge on any atom is -0.294 e. The molecule has 1 rings (SSSR count). The number of ketones is 1. The average Bonchev–Trinajstić information content (AvgIpc) is 2.46. The van der Waals surface area contributed by atoms with Gasteiger partial charge in [-0.15, -0.1) is 0 Å². The van der Waals surface area contributed by atoms with Crippen molar-refractivity contribution in [2.24, 2.45) is 0 Å². The number of halogens is 1. The molecule has 0 aliphatic rings. The highest BCUT2D eigenvalue weighted by Crippen LogP contribution is 2.27. The lowest BCUT2D eigenvalue weighted by atomic mass is 9.98. The van der Waals surface area contributed by atoms with E-state index >= 15 is 0 Å². The predicted molar refractivity (Wildman–Crippen MR) is 75.0 cm³/mol. The summed E-state index contributed by atoms with van der Waals surface area (Å²) < 4.78 is 14.3. The number of benzene rings is 1. The third kappa shape index (κ3) is 4.72. The first-order valence-electron chi connectivity index (χ1n) is 6.91. The second kappa shape index (κ2) is 7.72. The van der Waals surface area contributed by atoms with E-state index in [1.807, 2.05) is 6.92 Å². The van der Waals surface area contributed by atoms with Crippen LogP contribution in [0.15, 0.2) is 30.3 Å². The van der Waals surface area contributed by atoms with Crippen LogP contribution < -0.4 is 0 Å². The fraction of sp³-hybridized carbons (Fsp3) is 0.533. The van der Waals surface area contributed by atoms with Gasteiger partial charge in [0, 0.05) is 18.4 Å². The molecule has 5 heteroatoms. The SMILES string of the molecule is CCCCCC(F)(CCC(=O)c1ccccc1)[N+](=O)[O-]. The number of unbranched alkanes of at least 4 members (excludes halogenated alkanes) is 2. The van der Waals surface area contributed by atoms with E-state index in [0.29, 0.717) is 12.0 Å². The fourth-order valence-electron chi connectivity index (χ4n) is 2.03. The Hall–Kier alpha value is -1.78. The molecule has 0 N–H and O–H groups in total. The minimum absolute atomic E-state index is 0.129. The molecule has 20 heavy (non-hydrogen) atoms. The van der Waals surface area contributed by atoms with Crippen molar-refractivity contribution in [2.45, 2.75) is 51.2 Å². The maximum absolute atomic E-state index is 14.3. The van der Waals surface area contributed by atoms with E-state index in [1.54, 1.807) is 30.3 Å². The van der Waals surface area contributed by atoms with E-state index in [4.69, 9.17) is 0 Å². The van der Waals surface area contributed by atoms with Crippen LogP contribution >= 0.6 is 0 Å². The van der Waals surface area contributed by atoms with Crippen molar-refractivity contribution in [1.29, 1.82) is 0 Å². The van der Waals surface area contributed by atoms with Crippen molar-refractivity contribution in [3.63, 3.8) is 0 Å². The molecular weight excluding hydrogens is 261 g/mol. The zero-order valence-electron chi connectivity index (χ0n) is 11.7. The normalized spacial score (nSPS) is 13.7. The van der Waals surface area contributed by atoms with Gasteiger partial charge in [-0.2, -0.15) is 4.39 Å². The standard InChI is InChI=1S/C15H20FNO3/c1-2-3-7-11-15(16,17(19)20)12-10-14(18)13-8-5-4-6-9-13/h4-6,8-9H,2-3,7,10-12H2,1H3. The molecule has 0 radical (unpaired) electrons. The highest BCUT2D eigenvalue weighted by Gasteiger charge is 2.42. The van der Waals surface area contributed by atoms with Crippen molar-refractivity contribution in [2.75, 3.05) is 0 Å². The van der Waals surface area contributed by atoms with Gasteiger partial charge in [-0.05, 0) is 6.42 Å². The molecule has 0 saturated carbocycles. The van der Waals surface area contributed by atoms with E-state index in [9.17, 15) is 19.3 Å². The molecule has 0 spiro atoms. The van der Waals surface area contributed by atoms with Crippen LogP contribution in [0.3, 0.4) is 0 Å². The summed E-state index contributed by atoms with van der Waals surface area (Å²) >= 11 is 0. The van der Waals surface area contributed by atoms with Crippen LogP contribution in [0.25, 0.3) is 0 Å². The van der Waals surface area contributed by atoms with E-state index in [1.165, 1.54) is 0 Å². The number of rotatable bonds is 9. The number of Topliss-reactive ketones (excluding diaryl/α,β-unsaturated/α-hetero) is 1. The molecule has 0 aliphatic heterocycles. The van der Waals surface area contributed by atoms with Gasteiger partial charge < -0.3 is 0 Å². The predicted octanol–water partition coefficient (Wildman–Crippen LogP) is 4.17. The van der Waals surface area contributed by atoms with Crippen LogP contribution in [0.4, 0.5) is 4.39 Å². The monoisotopic (exact) mass is 281 g/mol. The van der Waals surface area contributed by atoms with Gasteiger partial charge in [0.15, 0.2) is 5.78 Å². The molecule has 0 heterocycles. The second-order valence-electron chi connectivity index (χ2n) is 4.92. The van der Waals surface area contributed by atoms with E-state index in [0.717, 1.165) is 12.8 Å². The Balaban J connectivity index is 2.58. The van der Waals surface area contributed by atoms with Crippen LogP contribution in [0.1, 0.15) is 55.8 Å². The van der Waals surface area contributed by atoms with Crippen LogP contribution in [-0.4, -0.2) is 16.5 Å². The molecular formula is C15H20FNO3. The highest BCUT2D eigenvalue weighted by molar-refractivity contribution is 5.95. The van der Waals surface area contributed by atoms with E-state index in [2.05, 4.69) is 0 Å². The largest absolute Gasteiger partial charge is 0.359 e. The van der Waals surface area contributed by atoms with Crippen LogP contribution in [0.5, 0.6) is 0 Å². The van der Waals surface area contributed by atoms with Gasteiger partial charge >= 0.3 is 5.79 Å². The van der Waals surface area contributed by atoms with Crippen LogP contribution in [0, 0.1) is 10.1 Å². The molecule has 1 atom stereocenters. The number of hydrogen-bond acceptors (Lipinski definition) is 3. The highest BCUT2D eigenvalue weighted by atomic mass is 19.1. The number of alkyl halides is 1. The van der Waals surface area contributed by atoms with Crippen molar-refractivity contribution in [1.82, 2.24) is 0 Å². The maximum atomic E-state index is 14.3. The zero-order chi connectivity index (χ0) is 15.0. The molecule has 0 fully saturated rings. The van der Waals surface area contributed by atoms with E-state index in [-0.39, 0.29) is 25.0 Å². The Labute approximate surface area is 118 Å². The van der Waals surface area contributed by atoms with Gasteiger partial charge in [-0.3, -0.25) is 14.9 Å². The number of carbonyl (C=O) groups is 1. The first-order valence-corrected chi connectivity index (χ1v) is 6.91.